The summed E-state index contributed by atoms with van der Waals surface area (Å²) < 4.78 is 32.0. The highest BCUT2D eigenvalue weighted by Crippen LogP contribution is 2.26. The van der Waals surface area contributed by atoms with E-state index in [2.05, 4.69) is 5.32 Å². The number of carbonyl (C=O) groups is 2. The maximum absolute atomic E-state index is 12.8. The minimum Gasteiger partial charge on any atom is -0.452 e. The number of hydrogen-bond donors (Lipinski definition) is 1. The summed E-state index contributed by atoms with van der Waals surface area (Å²) in [5, 5.41) is 13.5. The second-order valence-corrected chi connectivity index (χ2v) is 9.77. The third-order valence-corrected chi connectivity index (χ3v) is 7.54. The fourth-order valence-corrected chi connectivity index (χ4v) is 5.43. The molecule has 2 aromatic rings. The monoisotopic (exact) mass is 467 g/mol. The zero-order valence-corrected chi connectivity index (χ0v) is 18.1. The second kappa shape index (κ2) is 9.57. The molecule has 1 fully saturated rings. The fourth-order valence-electron chi connectivity index (χ4n) is 2.94. The molecule has 0 spiro atoms. The van der Waals surface area contributed by atoms with Crippen molar-refractivity contribution in [2.45, 2.75) is 24.2 Å². The lowest BCUT2D eigenvalue weighted by atomic mass is 10.2. The summed E-state index contributed by atoms with van der Waals surface area (Å²) in [6, 6.07) is 7.32. The van der Waals surface area contributed by atoms with Gasteiger partial charge in [-0.05, 0) is 42.5 Å². The van der Waals surface area contributed by atoms with E-state index >= 15 is 0 Å². The molecule has 0 bridgehead atoms. The van der Waals surface area contributed by atoms with Crippen LogP contribution in [0.5, 0.6) is 0 Å². The fraction of sp³-hybridized carbons (Fsp3) is 0.316. The average molecular weight is 468 g/mol. The van der Waals surface area contributed by atoms with Crippen molar-refractivity contribution in [2.24, 2.45) is 0 Å². The Morgan fingerprint density at radius 2 is 1.97 bits per heavy atom. The predicted molar refractivity (Wildman–Crippen MR) is 112 cm³/mol. The van der Waals surface area contributed by atoms with Crippen LogP contribution in [0.25, 0.3) is 0 Å². The standard InChI is InChI=1S/C19H18ClN3O5S2/c20-16-5-4-14(30(26,27)23-7-2-1-3-8-23)10-15(16)19(25)28-12-17(24)22-18-13(11-21)6-9-29-18/h4-6,9-10H,1-3,7-8,12H2,(H,22,24). The minimum absolute atomic E-state index is 0.0167. The van der Waals surface area contributed by atoms with Crippen molar-refractivity contribution in [2.75, 3.05) is 25.0 Å². The van der Waals surface area contributed by atoms with Crippen LogP contribution in [0.4, 0.5) is 5.00 Å². The molecule has 11 heteroatoms. The first-order chi connectivity index (χ1) is 14.3. The van der Waals surface area contributed by atoms with Crippen LogP contribution in [0.3, 0.4) is 0 Å². The van der Waals surface area contributed by atoms with Gasteiger partial charge in [-0.2, -0.15) is 9.57 Å². The van der Waals surface area contributed by atoms with Gasteiger partial charge >= 0.3 is 5.97 Å². The Labute approximate surface area is 183 Å². The van der Waals surface area contributed by atoms with E-state index in [0.717, 1.165) is 19.3 Å². The number of rotatable bonds is 6. The van der Waals surface area contributed by atoms with Crippen LogP contribution in [0.1, 0.15) is 35.2 Å². The Hall–Kier alpha value is -2.45. The molecular formula is C19H18ClN3O5S2. The molecule has 0 atom stereocenters. The molecule has 0 radical (unpaired) electrons. The first-order valence-electron chi connectivity index (χ1n) is 9.07. The van der Waals surface area contributed by atoms with Crippen molar-refractivity contribution >= 4 is 49.8 Å². The molecule has 0 saturated carbocycles. The smallest absolute Gasteiger partial charge is 0.340 e. The molecule has 8 nitrogen and oxygen atoms in total. The summed E-state index contributed by atoms with van der Waals surface area (Å²) in [4.78, 5) is 24.4. The largest absolute Gasteiger partial charge is 0.452 e. The summed E-state index contributed by atoms with van der Waals surface area (Å²) in [5.74, 6) is -1.55. The number of nitrogens with one attached hydrogen (secondary N) is 1. The lowest BCUT2D eigenvalue weighted by Crippen LogP contribution is -2.35. The van der Waals surface area contributed by atoms with Crippen LogP contribution in [-0.2, 0) is 19.6 Å². The molecule has 30 heavy (non-hydrogen) atoms. The summed E-state index contributed by atoms with van der Waals surface area (Å²) in [6.07, 6.45) is 2.55. The Kier molecular flexibility index (Phi) is 7.10. The number of ether oxygens (including phenoxy) is 1. The van der Waals surface area contributed by atoms with E-state index in [1.54, 1.807) is 11.4 Å². The van der Waals surface area contributed by atoms with E-state index in [0.29, 0.717) is 23.7 Å². The number of nitriles is 1. The van der Waals surface area contributed by atoms with E-state index in [9.17, 15) is 18.0 Å². The van der Waals surface area contributed by atoms with Crippen LogP contribution in [0.15, 0.2) is 34.5 Å². The van der Waals surface area contributed by atoms with E-state index in [1.807, 2.05) is 6.07 Å². The van der Waals surface area contributed by atoms with Gasteiger partial charge in [0.2, 0.25) is 10.0 Å². The number of esters is 1. The third kappa shape index (κ3) is 4.99. The van der Waals surface area contributed by atoms with Crippen molar-refractivity contribution in [1.82, 2.24) is 4.31 Å². The molecular weight excluding hydrogens is 450 g/mol. The van der Waals surface area contributed by atoms with Gasteiger partial charge < -0.3 is 10.1 Å². The number of piperidine rings is 1. The number of hydrogen-bond acceptors (Lipinski definition) is 7. The van der Waals surface area contributed by atoms with Gasteiger partial charge in [-0.25, -0.2) is 13.2 Å². The molecule has 1 saturated heterocycles. The number of sulfonamides is 1. The molecule has 1 aromatic heterocycles. The van der Waals surface area contributed by atoms with Crippen molar-refractivity contribution in [3.63, 3.8) is 0 Å². The zero-order valence-electron chi connectivity index (χ0n) is 15.8. The normalized spacial score (nSPS) is 14.7. The first-order valence-corrected chi connectivity index (χ1v) is 11.8. The van der Waals surface area contributed by atoms with Gasteiger partial charge in [0.05, 0.1) is 21.0 Å². The van der Waals surface area contributed by atoms with Gasteiger partial charge in [-0.15, -0.1) is 11.3 Å². The zero-order chi connectivity index (χ0) is 21.7. The number of halogens is 1. The molecule has 1 amide bonds. The Morgan fingerprint density at radius 1 is 1.23 bits per heavy atom. The van der Waals surface area contributed by atoms with Crippen molar-refractivity contribution in [1.29, 1.82) is 5.26 Å². The van der Waals surface area contributed by atoms with Crippen LogP contribution < -0.4 is 5.32 Å². The molecule has 0 aliphatic carbocycles. The highest BCUT2D eigenvalue weighted by atomic mass is 35.5. The maximum atomic E-state index is 12.8. The maximum Gasteiger partial charge on any atom is 0.340 e. The van der Waals surface area contributed by atoms with Crippen molar-refractivity contribution in [3.05, 3.63) is 45.8 Å². The quantitative estimate of drug-likeness (QED) is 0.652. The summed E-state index contributed by atoms with van der Waals surface area (Å²) in [6.45, 7) is 0.248. The van der Waals surface area contributed by atoms with Gasteiger partial charge in [-0.1, -0.05) is 18.0 Å². The number of anilines is 1. The van der Waals surface area contributed by atoms with E-state index < -0.39 is 28.5 Å². The number of thiophene rings is 1. The number of benzene rings is 1. The number of nitrogens with zero attached hydrogens (tertiary/aromatic N) is 2. The molecule has 1 N–H and O–H groups in total. The highest BCUT2D eigenvalue weighted by Gasteiger charge is 2.27. The SMILES string of the molecule is N#Cc1ccsc1NC(=O)COC(=O)c1cc(S(=O)(=O)N2CCCCC2)ccc1Cl. The predicted octanol–water partition coefficient (Wildman–Crippen LogP) is 3.24. The lowest BCUT2D eigenvalue weighted by Gasteiger charge is -2.26. The third-order valence-electron chi connectivity index (χ3n) is 4.48. The first kappa shape index (κ1) is 22.2. The van der Waals surface area contributed by atoms with Crippen LogP contribution >= 0.6 is 22.9 Å². The molecule has 2 heterocycles. The van der Waals surface area contributed by atoms with Crippen LogP contribution in [-0.4, -0.2) is 44.3 Å². The summed E-state index contributed by atoms with van der Waals surface area (Å²) in [7, 11) is -3.75. The molecule has 158 valence electrons. The molecule has 1 aliphatic heterocycles. The van der Waals surface area contributed by atoms with Gasteiger partial charge in [0, 0.05) is 13.1 Å². The molecule has 3 rings (SSSR count). The van der Waals surface area contributed by atoms with Gasteiger partial charge in [-0.3, -0.25) is 4.79 Å². The Morgan fingerprint density at radius 3 is 2.67 bits per heavy atom. The van der Waals surface area contributed by atoms with Crippen molar-refractivity contribution in [3.8, 4) is 6.07 Å². The number of amides is 1. The van der Waals surface area contributed by atoms with Crippen molar-refractivity contribution < 1.29 is 22.7 Å². The molecule has 1 aliphatic rings. The molecule has 1 aromatic carbocycles. The van der Waals surface area contributed by atoms with Crippen LogP contribution in [0.2, 0.25) is 5.02 Å². The Bertz CT molecular complexity index is 1100. The van der Waals surface area contributed by atoms with Gasteiger partial charge in [0.15, 0.2) is 6.61 Å². The Balaban J connectivity index is 1.69. The van der Waals surface area contributed by atoms with Gasteiger partial charge in [0.25, 0.3) is 5.91 Å². The summed E-state index contributed by atoms with van der Waals surface area (Å²) >= 11 is 7.22. The van der Waals surface area contributed by atoms with E-state index in [-0.39, 0.29) is 15.5 Å². The number of carbonyl (C=O) groups excluding carboxylic acids is 2. The average Bonchev–Trinajstić information content (AvgIpc) is 3.19. The lowest BCUT2D eigenvalue weighted by molar-refractivity contribution is -0.119. The topological polar surface area (TPSA) is 117 Å². The van der Waals surface area contributed by atoms with Gasteiger partial charge in [0.1, 0.15) is 11.1 Å². The molecule has 0 unspecified atom stereocenters. The second-order valence-electron chi connectivity index (χ2n) is 6.51. The highest BCUT2D eigenvalue weighted by molar-refractivity contribution is 7.89. The summed E-state index contributed by atoms with van der Waals surface area (Å²) in [5.41, 5.74) is 0.162. The van der Waals surface area contributed by atoms with E-state index in [4.69, 9.17) is 21.6 Å². The van der Waals surface area contributed by atoms with E-state index in [1.165, 1.54) is 33.8 Å². The minimum atomic E-state index is -3.75. The van der Waals surface area contributed by atoms with Crippen LogP contribution in [0, 0.1) is 11.3 Å².